The second kappa shape index (κ2) is 5.75. The number of piperazine rings is 1. The molecule has 0 saturated carbocycles. The molecule has 1 aliphatic heterocycles. The molecule has 0 unspecified atom stereocenters. The highest BCUT2D eigenvalue weighted by atomic mass is 16.6. The molecule has 0 radical (unpaired) electrons. The lowest BCUT2D eigenvalue weighted by atomic mass is 10.2. The van der Waals surface area contributed by atoms with E-state index >= 15 is 0 Å². The predicted molar refractivity (Wildman–Crippen MR) is 78.3 cm³/mol. The van der Waals surface area contributed by atoms with Crippen LogP contribution in [0.2, 0.25) is 0 Å². The lowest BCUT2D eigenvalue weighted by Crippen LogP contribution is -2.55. The van der Waals surface area contributed by atoms with Gasteiger partial charge in [0.25, 0.3) is 0 Å². The largest absolute Gasteiger partial charge is 0.505 e. The number of aromatic nitrogens is 2. The van der Waals surface area contributed by atoms with Crippen molar-refractivity contribution in [3.05, 3.63) is 12.4 Å². The van der Waals surface area contributed by atoms with Gasteiger partial charge in [-0.3, -0.25) is 0 Å². The summed E-state index contributed by atoms with van der Waals surface area (Å²) >= 11 is 0. The van der Waals surface area contributed by atoms with E-state index in [9.17, 15) is 9.90 Å². The van der Waals surface area contributed by atoms with Gasteiger partial charge in [0.2, 0.25) is 5.95 Å². The van der Waals surface area contributed by atoms with E-state index in [2.05, 4.69) is 9.97 Å². The molecular formula is C14H22N4O3. The Hall–Kier alpha value is -2.05. The first-order chi connectivity index (χ1) is 9.76. The van der Waals surface area contributed by atoms with Crippen molar-refractivity contribution < 1.29 is 14.6 Å². The van der Waals surface area contributed by atoms with Crippen molar-refractivity contribution in [1.29, 1.82) is 0 Å². The van der Waals surface area contributed by atoms with Gasteiger partial charge in [-0.15, -0.1) is 0 Å². The first-order valence-corrected chi connectivity index (χ1v) is 7.02. The van der Waals surface area contributed by atoms with Gasteiger partial charge >= 0.3 is 6.09 Å². The SMILES string of the molecule is C[C@H]1CN(C(=O)OC(C)(C)C)CCN1c1ncc(O)cn1. The van der Waals surface area contributed by atoms with Crippen LogP contribution in [-0.2, 0) is 4.74 Å². The van der Waals surface area contributed by atoms with Crippen molar-refractivity contribution >= 4 is 12.0 Å². The molecule has 1 atom stereocenters. The van der Waals surface area contributed by atoms with Crippen LogP contribution in [0.15, 0.2) is 12.4 Å². The number of aromatic hydroxyl groups is 1. The summed E-state index contributed by atoms with van der Waals surface area (Å²) in [7, 11) is 0. The van der Waals surface area contributed by atoms with Crippen molar-refractivity contribution in [3.8, 4) is 5.75 Å². The fourth-order valence-corrected chi connectivity index (χ4v) is 2.21. The lowest BCUT2D eigenvalue weighted by Gasteiger charge is -2.40. The Morgan fingerprint density at radius 2 is 1.95 bits per heavy atom. The quantitative estimate of drug-likeness (QED) is 0.848. The maximum Gasteiger partial charge on any atom is 0.410 e. The van der Waals surface area contributed by atoms with E-state index in [-0.39, 0.29) is 17.9 Å². The molecule has 1 N–H and O–H groups in total. The zero-order valence-corrected chi connectivity index (χ0v) is 12.9. The normalized spacial score (nSPS) is 19.5. The Balaban J connectivity index is 1.99. The smallest absolute Gasteiger partial charge is 0.410 e. The fraction of sp³-hybridized carbons (Fsp3) is 0.643. The minimum Gasteiger partial charge on any atom is -0.505 e. The molecule has 2 rings (SSSR count). The highest BCUT2D eigenvalue weighted by molar-refractivity contribution is 5.68. The first kappa shape index (κ1) is 15.3. The summed E-state index contributed by atoms with van der Waals surface area (Å²) in [6.07, 6.45) is 2.45. The molecule has 1 amide bonds. The minimum atomic E-state index is -0.489. The molecule has 0 bridgehead atoms. The lowest BCUT2D eigenvalue weighted by molar-refractivity contribution is 0.0218. The van der Waals surface area contributed by atoms with E-state index in [1.165, 1.54) is 12.4 Å². The highest BCUT2D eigenvalue weighted by Crippen LogP contribution is 2.19. The molecule has 1 fully saturated rings. The molecule has 2 heterocycles. The number of hydrogen-bond acceptors (Lipinski definition) is 6. The van der Waals surface area contributed by atoms with E-state index in [1.807, 2.05) is 32.6 Å². The van der Waals surface area contributed by atoms with E-state index in [4.69, 9.17) is 4.74 Å². The Morgan fingerprint density at radius 1 is 1.33 bits per heavy atom. The average Bonchev–Trinajstić information content (AvgIpc) is 2.38. The van der Waals surface area contributed by atoms with Crippen molar-refractivity contribution in [3.63, 3.8) is 0 Å². The van der Waals surface area contributed by atoms with E-state index in [0.717, 1.165) is 0 Å². The molecule has 0 aromatic carbocycles. The van der Waals surface area contributed by atoms with Crippen molar-refractivity contribution in [2.75, 3.05) is 24.5 Å². The van der Waals surface area contributed by atoms with E-state index in [1.54, 1.807) is 4.90 Å². The summed E-state index contributed by atoms with van der Waals surface area (Å²) in [5, 5.41) is 9.23. The van der Waals surface area contributed by atoms with Crippen LogP contribution >= 0.6 is 0 Å². The summed E-state index contributed by atoms with van der Waals surface area (Å²) in [6.45, 7) is 9.32. The Kier molecular flexibility index (Phi) is 4.20. The van der Waals surface area contributed by atoms with Crippen LogP contribution in [0.1, 0.15) is 27.7 Å². The van der Waals surface area contributed by atoms with Gasteiger partial charge in [-0.25, -0.2) is 14.8 Å². The van der Waals surface area contributed by atoms with Crippen molar-refractivity contribution in [2.24, 2.45) is 0 Å². The second-order valence-corrected chi connectivity index (χ2v) is 6.21. The molecule has 7 heteroatoms. The molecule has 1 aromatic heterocycles. The number of carbonyl (C=O) groups is 1. The third kappa shape index (κ3) is 3.96. The molecule has 1 aromatic rings. The standard InChI is InChI=1S/C14H22N4O3/c1-10-9-17(13(20)21-14(2,3)4)5-6-18(10)12-15-7-11(19)8-16-12/h7-8,10,19H,5-6,9H2,1-4H3/t10-/m0/s1. The molecular weight excluding hydrogens is 272 g/mol. The zero-order chi connectivity index (χ0) is 15.6. The molecule has 116 valence electrons. The molecule has 0 aliphatic carbocycles. The third-order valence-corrected chi connectivity index (χ3v) is 3.16. The van der Waals surface area contributed by atoms with Crippen LogP contribution in [-0.4, -0.2) is 57.3 Å². The van der Waals surface area contributed by atoms with Gasteiger partial charge in [-0.1, -0.05) is 0 Å². The summed E-state index contributed by atoms with van der Waals surface area (Å²) < 4.78 is 5.39. The minimum absolute atomic E-state index is 0.0406. The first-order valence-electron chi connectivity index (χ1n) is 7.02. The van der Waals surface area contributed by atoms with Gasteiger partial charge in [-0.05, 0) is 27.7 Å². The fourth-order valence-electron chi connectivity index (χ4n) is 2.21. The summed E-state index contributed by atoms with van der Waals surface area (Å²) in [6, 6.07) is 0.0795. The topological polar surface area (TPSA) is 78.8 Å². The Labute approximate surface area is 124 Å². The van der Waals surface area contributed by atoms with Gasteiger partial charge < -0.3 is 19.6 Å². The van der Waals surface area contributed by atoms with Crippen LogP contribution in [0.4, 0.5) is 10.7 Å². The number of amides is 1. The van der Waals surface area contributed by atoms with Gasteiger partial charge in [0.1, 0.15) is 5.60 Å². The van der Waals surface area contributed by atoms with Crippen molar-refractivity contribution in [2.45, 2.75) is 39.3 Å². The summed E-state index contributed by atoms with van der Waals surface area (Å²) in [5.74, 6) is 0.600. The Morgan fingerprint density at radius 3 is 2.48 bits per heavy atom. The van der Waals surface area contributed by atoms with Gasteiger partial charge in [-0.2, -0.15) is 0 Å². The number of nitrogens with zero attached hydrogens (tertiary/aromatic N) is 4. The maximum absolute atomic E-state index is 12.1. The summed E-state index contributed by atoms with van der Waals surface area (Å²) in [5.41, 5.74) is -0.489. The third-order valence-electron chi connectivity index (χ3n) is 3.16. The van der Waals surface area contributed by atoms with Crippen LogP contribution in [0, 0.1) is 0 Å². The van der Waals surface area contributed by atoms with Crippen LogP contribution in [0.5, 0.6) is 5.75 Å². The van der Waals surface area contributed by atoms with Crippen LogP contribution < -0.4 is 4.90 Å². The molecule has 7 nitrogen and oxygen atoms in total. The summed E-state index contributed by atoms with van der Waals surface area (Å²) in [4.78, 5) is 24.0. The highest BCUT2D eigenvalue weighted by Gasteiger charge is 2.30. The van der Waals surface area contributed by atoms with Gasteiger partial charge in [0, 0.05) is 25.7 Å². The van der Waals surface area contributed by atoms with Crippen molar-refractivity contribution in [1.82, 2.24) is 14.9 Å². The number of carbonyl (C=O) groups excluding carboxylic acids is 1. The average molecular weight is 294 g/mol. The molecule has 21 heavy (non-hydrogen) atoms. The van der Waals surface area contributed by atoms with Gasteiger partial charge in [0.15, 0.2) is 5.75 Å². The molecule has 0 spiro atoms. The number of hydrogen-bond donors (Lipinski definition) is 1. The number of anilines is 1. The van der Waals surface area contributed by atoms with E-state index in [0.29, 0.717) is 25.6 Å². The zero-order valence-electron chi connectivity index (χ0n) is 12.9. The predicted octanol–water partition coefficient (Wildman–Crippen LogP) is 1.63. The number of ether oxygens (including phenoxy) is 1. The van der Waals surface area contributed by atoms with Crippen LogP contribution in [0.25, 0.3) is 0 Å². The van der Waals surface area contributed by atoms with Crippen LogP contribution in [0.3, 0.4) is 0 Å². The Bertz CT molecular complexity index is 498. The molecule has 1 saturated heterocycles. The molecule has 1 aliphatic rings. The second-order valence-electron chi connectivity index (χ2n) is 6.21. The number of rotatable bonds is 1. The maximum atomic E-state index is 12.1. The monoisotopic (exact) mass is 294 g/mol. The van der Waals surface area contributed by atoms with E-state index < -0.39 is 5.60 Å². The van der Waals surface area contributed by atoms with Gasteiger partial charge in [0.05, 0.1) is 12.4 Å².